The summed E-state index contributed by atoms with van der Waals surface area (Å²) in [5.41, 5.74) is 1.56. The summed E-state index contributed by atoms with van der Waals surface area (Å²) < 4.78 is 10.8. The third kappa shape index (κ3) is 2.88. The van der Waals surface area contributed by atoms with Crippen LogP contribution in [0.2, 0.25) is 5.02 Å². The number of amides is 1. The predicted octanol–water partition coefficient (Wildman–Crippen LogP) is 3.25. The molecular formula is C17H16ClNO3. The highest BCUT2D eigenvalue weighted by atomic mass is 35.5. The first-order chi connectivity index (χ1) is 10.7. The molecule has 2 aromatic rings. The largest absolute Gasteiger partial charge is 0.496 e. The van der Waals surface area contributed by atoms with Gasteiger partial charge in [0, 0.05) is 23.0 Å². The van der Waals surface area contributed by atoms with Gasteiger partial charge in [-0.3, -0.25) is 4.79 Å². The van der Waals surface area contributed by atoms with Gasteiger partial charge in [-0.2, -0.15) is 0 Å². The van der Waals surface area contributed by atoms with E-state index in [-0.39, 0.29) is 11.8 Å². The molecule has 3 rings (SSSR count). The van der Waals surface area contributed by atoms with E-state index in [1.807, 2.05) is 24.3 Å². The van der Waals surface area contributed by atoms with Crippen molar-refractivity contribution >= 4 is 17.5 Å². The number of carbonyl (C=O) groups excluding carboxylic acids is 1. The van der Waals surface area contributed by atoms with Crippen molar-refractivity contribution in [2.75, 3.05) is 20.3 Å². The fourth-order valence-electron chi connectivity index (χ4n) is 2.57. The number of hydrogen-bond donors (Lipinski definition) is 1. The number of carbonyl (C=O) groups is 1. The van der Waals surface area contributed by atoms with Crippen molar-refractivity contribution in [3.8, 4) is 11.5 Å². The van der Waals surface area contributed by atoms with E-state index in [9.17, 15) is 4.79 Å². The first kappa shape index (κ1) is 14.7. The van der Waals surface area contributed by atoms with Crippen LogP contribution in [0.3, 0.4) is 0 Å². The fraction of sp³-hybridized carbons (Fsp3) is 0.235. The van der Waals surface area contributed by atoms with Gasteiger partial charge in [-0.05, 0) is 24.3 Å². The number of para-hydroxylation sites is 1. The highest BCUT2D eigenvalue weighted by Gasteiger charge is 2.24. The van der Waals surface area contributed by atoms with E-state index >= 15 is 0 Å². The van der Waals surface area contributed by atoms with E-state index in [4.69, 9.17) is 21.1 Å². The highest BCUT2D eigenvalue weighted by molar-refractivity contribution is 6.31. The average molecular weight is 318 g/mol. The molecule has 1 atom stereocenters. The molecular weight excluding hydrogens is 302 g/mol. The molecule has 22 heavy (non-hydrogen) atoms. The van der Waals surface area contributed by atoms with Crippen molar-refractivity contribution < 1.29 is 14.3 Å². The zero-order valence-electron chi connectivity index (χ0n) is 12.1. The van der Waals surface area contributed by atoms with Crippen LogP contribution in [0.4, 0.5) is 0 Å². The van der Waals surface area contributed by atoms with Gasteiger partial charge in [0.1, 0.15) is 11.5 Å². The molecule has 1 N–H and O–H groups in total. The zero-order chi connectivity index (χ0) is 15.5. The molecule has 1 aliphatic heterocycles. The van der Waals surface area contributed by atoms with E-state index in [0.717, 1.165) is 11.3 Å². The number of ether oxygens (including phenoxy) is 2. The molecule has 2 aromatic carbocycles. The molecule has 1 aliphatic rings. The lowest BCUT2D eigenvalue weighted by Gasteiger charge is -2.12. The van der Waals surface area contributed by atoms with E-state index in [1.165, 1.54) is 7.11 Å². The third-order valence-electron chi connectivity index (χ3n) is 3.71. The second-order valence-corrected chi connectivity index (χ2v) is 5.54. The maximum absolute atomic E-state index is 12.4. The molecule has 0 aromatic heterocycles. The van der Waals surface area contributed by atoms with Crippen molar-refractivity contribution in [3.63, 3.8) is 0 Å². The van der Waals surface area contributed by atoms with Gasteiger partial charge < -0.3 is 14.8 Å². The summed E-state index contributed by atoms with van der Waals surface area (Å²) in [4.78, 5) is 12.4. The summed E-state index contributed by atoms with van der Waals surface area (Å²) in [7, 11) is 1.53. The van der Waals surface area contributed by atoms with Gasteiger partial charge in [0.05, 0.1) is 19.3 Å². The summed E-state index contributed by atoms with van der Waals surface area (Å²) in [6.45, 7) is 1.08. The normalized spacial score (nSPS) is 15.8. The Morgan fingerprint density at radius 3 is 3.00 bits per heavy atom. The molecule has 1 amide bonds. The zero-order valence-corrected chi connectivity index (χ0v) is 12.9. The van der Waals surface area contributed by atoms with Gasteiger partial charge in [0.15, 0.2) is 0 Å². The van der Waals surface area contributed by atoms with Gasteiger partial charge in [0.25, 0.3) is 5.91 Å². The van der Waals surface area contributed by atoms with Crippen molar-refractivity contribution in [2.45, 2.75) is 5.92 Å². The number of hydrogen-bond acceptors (Lipinski definition) is 3. The number of benzene rings is 2. The van der Waals surface area contributed by atoms with Gasteiger partial charge in [-0.15, -0.1) is 0 Å². The van der Waals surface area contributed by atoms with Crippen LogP contribution in [0.25, 0.3) is 0 Å². The van der Waals surface area contributed by atoms with Crippen LogP contribution in [0, 0.1) is 0 Å². The molecule has 0 spiro atoms. The lowest BCUT2D eigenvalue weighted by molar-refractivity contribution is 0.0947. The number of nitrogens with one attached hydrogen (secondary N) is 1. The van der Waals surface area contributed by atoms with Crippen LogP contribution in [-0.2, 0) is 0 Å². The van der Waals surface area contributed by atoms with Crippen LogP contribution in [0.5, 0.6) is 11.5 Å². The summed E-state index contributed by atoms with van der Waals surface area (Å²) in [6, 6.07) is 12.9. The van der Waals surface area contributed by atoms with Gasteiger partial charge in [0.2, 0.25) is 0 Å². The lowest BCUT2D eigenvalue weighted by atomic mass is 10.0. The topological polar surface area (TPSA) is 47.6 Å². The summed E-state index contributed by atoms with van der Waals surface area (Å²) in [6.07, 6.45) is 0. The smallest absolute Gasteiger partial charge is 0.255 e. The summed E-state index contributed by atoms with van der Waals surface area (Å²) >= 11 is 5.96. The van der Waals surface area contributed by atoms with Crippen molar-refractivity contribution in [1.29, 1.82) is 0 Å². The Bertz CT molecular complexity index is 702. The van der Waals surface area contributed by atoms with E-state index in [1.54, 1.807) is 18.2 Å². The molecule has 0 saturated heterocycles. The number of rotatable bonds is 4. The van der Waals surface area contributed by atoms with Gasteiger partial charge in [-0.25, -0.2) is 0 Å². The minimum atomic E-state index is -0.205. The monoisotopic (exact) mass is 317 g/mol. The lowest BCUT2D eigenvalue weighted by Crippen LogP contribution is -2.29. The molecule has 0 aliphatic carbocycles. The molecule has 5 heteroatoms. The average Bonchev–Trinajstić information content (AvgIpc) is 2.96. The minimum Gasteiger partial charge on any atom is -0.496 e. The Morgan fingerprint density at radius 2 is 2.18 bits per heavy atom. The van der Waals surface area contributed by atoms with Crippen LogP contribution < -0.4 is 14.8 Å². The van der Waals surface area contributed by atoms with E-state index < -0.39 is 0 Å². The number of fused-ring (bicyclic) bond motifs is 1. The maximum atomic E-state index is 12.4. The van der Waals surface area contributed by atoms with Gasteiger partial charge in [-0.1, -0.05) is 29.8 Å². The molecule has 0 saturated carbocycles. The Labute approximate surface area is 134 Å². The Morgan fingerprint density at radius 1 is 1.36 bits per heavy atom. The Hall–Kier alpha value is -2.20. The van der Waals surface area contributed by atoms with E-state index in [0.29, 0.717) is 29.5 Å². The second kappa shape index (κ2) is 6.28. The van der Waals surface area contributed by atoms with Crippen LogP contribution in [0.15, 0.2) is 42.5 Å². The molecule has 0 unspecified atom stereocenters. The standard InChI is InChI=1S/C17H16ClNO3/c1-21-15-7-6-12(18)8-14(15)17(20)19-9-11-10-22-16-5-3-2-4-13(11)16/h2-8,11H,9-10H2,1H3,(H,19,20)/t11-/m1/s1. The Balaban J connectivity index is 1.70. The number of halogens is 1. The SMILES string of the molecule is COc1ccc(Cl)cc1C(=O)NC[C@@H]1COc2ccccc21. The third-order valence-corrected chi connectivity index (χ3v) is 3.95. The van der Waals surface area contributed by atoms with Crippen LogP contribution in [-0.4, -0.2) is 26.2 Å². The van der Waals surface area contributed by atoms with Crippen molar-refractivity contribution in [3.05, 3.63) is 58.6 Å². The summed E-state index contributed by atoms with van der Waals surface area (Å²) in [5, 5.41) is 3.43. The predicted molar refractivity (Wildman–Crippen MR) is 85.0 cm³/mol. The first-order valence-electron chi connectivity index (χ1n) is 7.02. The van der Waals surface area contributed by atoms with Crippen LogP contribution in [0.1, 0.15) is 21.8 Å². The van der Waals surface area contributed by atoms with Crippen molar-refractivity contribution in [1.82, 2.24) is 5.32 Å². The van der Waals surface area contributed by atoms with Crippen LogP contribution >= 0.6 is 11.6 Å². The quantitative estimate of drug-likeness (QED) is 0.941. The molecule has 0 radical (unpaired) electrons. The molecule has 114 valence electrons. The molecule has 0 bridgehead atoms. The van der Waals surface area contributed by atoms with Gasteiger partial charge >= 0.3 is 0 Å². The summed E-state index contributed by atoms with van der Waals surface area (Å²) in [5.74, 6) is 1.35. The highest BCUT2D eigenvalue weighted by Crippen LogP contribution is 2.33. The Kier molecular flexibility index (Phi) is 4.20. The molecule has 1 heterocycles. The first-order valence-corrected chi connectivity index (χ1v) is 7.40. The minimum absolute atomic E-state index is 0.158. The van der Waals surface area contributed by atoms with Crippen molar-refractivity contribution in [2.24, 2.45) is 0 Å². The number of methoxy groups -OCH3 is 1. The fourth-order valence-corrected chi connectivity index (χ4v) is 2.74. The second-order valence-electron chi connectivity index (χ2n) is 5.10. The molecule has 4 nitrogen and oxygen atoms in total. The molecule has 0 fully saturated rings. The van der Waals surface area contributed by atoms with E-state index in [2.05, 4.69) is 5.32 Å². The maximum Gasteiger partial charge on any atom is 0.255 e.